The average molecular weight is 488 g/mol. The van der Waals surface area contributed by atoms with E-state index in [0.717, 1.165) is 42.8 Å². The second-order valence-electron chi connectivity index (χ2n) is 10.1. The summed E-state index contributed by atoms with van der Waals surface area (Å²) in [5, 5.41) is 6.64. The summed E-state index contributed by atoms with van der Waals surface area (Å²) in [5.41, 5.74) is 2.16. The van der Waals surface area contributed by atoms with Crippen molar-refractivity contribution in [1.29, 1.82) is 0 Å². The zero-order chi connectivity index (χ0) is 24.6. The lowest BCUT2D eigenvalue weighted by atomic mass is 9.80. The van der Waals surface area contributed by atoms with Gasteiger partial charge < -0.3 is 20.5 Å². The topological polar surface area (TPSA) is 90.1 Å². The summed E-state index contributed by atoms with van der Waals surface area (Å²) in [4.78, 5) is 36.8. The van der Waals surface area contributed by atoms with Crippen molar-refractivity contribution < 1.29 is 14.0 Å². The minimum absolute atomic E-state index is 0.0133. The molecule has 2 aliphatic heterocycles. The lowest BCUT2D eigenvalue weighted by molar-refractivity contribution is -0.138. The minimum Gasteiger partial charge on any atom is -0.375 e. The number of rotatable bonds is 4. The number of fused-ring (bicyclic) bond motifs is 3. The SMILES string of the molecule is O=C(N[C@@H]1CCCC[C@@H]1C(=O)N1CC[C@H]2[C@H](c3ncc[nH]3)Nc3ccccc3[C@@H]21)c1ccccc1F. The van der Waals surface area contributed by atoms with Crippen LogP contribution in [0.15, 0.2) is 60.9 Å². The molecular weight excluding hydrogens is 457 g/mol. The van der Waals surface area contributed by atoms with Gasteiger partial charge in [0.05, 0.1) is 23.6 Å². The molecule has 186 valence electrons. The molecule has 1 saturated heterocycles. The highest BCUT2D eigenvalue weighted by atomic mass is 19.1. The van der Waals surface area contributed by atoms with Crippen LogP contribution in [-0.4, -0.2) is 39.3 Å². The zero-order valence-corrected chi connectivity index (χ0v) is 20.0. The van der Waals surface area contributed by atoms with Crippen LogP contribution < -0.4 is 10.6 Å². The van der Waals surface area contributed by atoms with E-state index in [1.807, 2.05) is 23.2 Å². The average Bonchev–Trinajstić information content (AvgIpc) is 3.59. The van der Waals surface area contributed by atoms with Gasteiger partial charge in [0, 0.05) is 36.6 Å². The molecule has 0 radical (unpaired) electrons. The molecule has 3 N–H and O–H groups in total. The number of amides is 2. The molecule has 3 aliphatic rings. The fourth-order valence-corrected chi connectivity index (χ4v) is 6.39. The number of nitrogens with one attached hydrogen (secondary N) is 3. The standard InChI is InChI=1S/C28H30FN5O2/c29-21-10-4-1-7-17(21)27(35)33-23-12-6-3-9-19(23)28(36)34-16-13-20-24(26-30-14-15-31-26)32-22-11-5-2-8-18(22)25(20)34/h1-2,4-5,7-8,10-11,14-15,19-20,23-25,32H,3,6,9,12-13,16H2,(H,30,31)(H,33,35)/t19-,20-,23+,24+,25-/m0/s1. The zero-order valence-electron chi connectivity index (χ0n) is 20.0. The fraction of sp³-hybridized carbons (Fsp3) is 0.393. The maximum Gasteiger partial charge on any atom is 0.254 e. The Bertz CT molecular complexity index is 1260. The van der Waals surface area contributed by atoms with Crippen LogP contribution in [0, 0.1) is 17.7 Å². The van der Waals surface area contributed by atoms with E-state index in [2.05, 4.69) is 32.7 Å². The van der Waals surface area contributed by atoms with Gasteiger partial charge in [0.15, 0.2) is 0 Å². The molecule has 36 heavy (non-hydrogen) atoms. The number of imidazole rings is 1. The number of para-hydroxylation sites is 1. The van der Waals surface area contributed by atoms with Crippen LogP contribution in [0.25, 0.3) is 0 Å². The predicted molar refractivity (Wildman–Crippen MR) is 134 cm³/mol. The van der Waals surface area contributed by atoms with Crippen molar-refractivity contribution in [3.63, 3.8) is 0 Å². The molecule has 8 heteroatoms. The van der Waals surface area contributed by atoms with E-state index in [-0.39, 0.29) is 41.4 Å². The smallest absolute Gasteiger partial charge is 0.254 e. The normalized spacial score (nSPS) is 27.0. The number of hydrogen-bond acceptors (Lipinski definition) is 4. The molecule has 3 heterocycles. The van der Waals surface area contributed by atoms with Gasteiger partial charge in [-0.25, -0.2) is 9.37 Å². The van der Waals surface area contributed by atoms with Crippen LogP contribution in [0.4, 0.5) is 10.1 Å². The lowest BCUT2D eigenvalue weighted by Gasteiger charge is -2.41. The summed E-state index contributed by atoms with van der Waals surface area (Å²) >= 11 is 0. The number of nitrogens with zero attached hydrogens (tertiary/aromatic N) is 2. The van der Waals surface area contributed by atoms with E-state index in [0.29, 0.717) is 13.0 Å². The molecular formula is C28H30FN5O2. The van der Waals surface area contributed by atoms with Gasteiger partial charge in [-0.05, 0) is 43.0 Å². The van der Waals surface area contributed by atoms with Crippen LogP contribution >= 0.6 is 0 Å². The Hall–Kier alpha value is -3.68. The van der Waals surface area contributed by atoms with Gasteiger partial charge in [0.25, 0.3) is 5.91 Å². The molecule has 1 aromatic heterocycles. The maximum atomic E-state index is 14.2. The van der Waals surface area contributed by atoms with Crippen LogP contribution in [0.5, 0.6) is 0 Å². The Balaban J connectivity index is 1.27. The number of hydrogen-bond donors (Lipinski definition) is 3. The molecule has 7 nitrogen and oxygen atoms in total. The van der Waals surface area contributed by atoms with Crippen molar-refractivity contribution in [3.8, 4) is 0 Å². The summed E-state index contributed by atoms with van der Waals surface area (Å²) in [6.07, 6.45) is 7.76. The number of H-pyrrole nitrogens is 1. The van der Waals surface area contributed by atoms with Crippen molar-refractivity contribution in [2.45, 2.75) is 50.2 Å². The Labute approximate surface area is 209 Å². The van der Waals surface area contributed by atoms with Crippen LogP contribution in [-0.2, 0) is 4.79 Å². The van der Waals surface area contributed by atoms with Crippen LogP contribution in [0.3, 0.4) is 0 Å². The largest absolute Gasteiger partial charge is 0.375 e. The van der Waals surface area contributed by atoms with Crippen molar-refractivity contribution in [3.05, 3.63) is 83.7 Å². The van der Waals surface area contributed by atoms with E-state index >= 15 is 0 Å². The van der Waals surface area contributed by atoms with E-state index < -0.39 is 11.7 Å². The molecule has 6 rings (SSSR count). The summed E-state index contributed by atoms with van der Waals surface area (Å²) in [5.74, 6) is -0.187. The molecule has 2 aromatic carbocycles. The molecule has 2 fully saturated rings. The highest BCUT2D eigenvalue weighted by Gasteiger charge is 2.49. The molecule has 0 spiro atoms. The number of aromatic amines is 1. The van der Waals surface area contributed by atoms with E-state index in [9.17, 15) is 14.0 Å². The van der Waals surface area contributed by atoms with Crippen molar-refractivity contribution >= 4 is 17.5 Å². The number of anilines is 1. The van der Waals surface area contributed by atoms with Crippen molar-refractivity contribution in [1.82, 2.24) is 20.2 Å². The quantitative estimate of drug-likeness (QED) is 0.502. The molecule has 1 aliphatic carbocycles. The fourth-order valence-electron chi connectivity index (χ4n) is 6.39. The molecule has 0 bridgehead atoms. The lowest BCUT2D eigenvalue weighted by Crippen LogP contribution is -2.50. The van der Waals surface area contributed by atoms with Crippen molar-refractivity contribution in [2.24, 2.45) is 11.8 Å². The van der Waals surface area contributed by atoms with Crippen LogP contribution in [0.2, 0.25) is 0 Å². The number of likely N-dealkylation sites (tertiary alicyclic amines) is 1. The summed E-state index contributed by atoms with van der Waals surface area (Å²) in [6.45, 7) is 0.659. The van der Waals surface area contributed by atoms with Crippen LogP contribution in [0.1, 0.15) is 65.9 Å². The van der Waals surface area contributed by atoms with Gasteiger partial charge in [0.2, 0.25) is 5.91 Å². The van der Waals surface area contributed by atoms with Gasteiger partial charge >= 0.3 is 0 Å². The van der Waals surface area contributed by atoms with Gasteiger partial charge in [-0.1, -0.05) is 43.2 Å². The molecule has 3 aromatic rings. The highest BCUT2D eigenvalue weighted by molar-refractivity contribution is 5.95. The minimum atomic E-state index is -0.550. The second kappa shape index (κ2) is 9.41. The molecule has 1 saturated carbocycles. The Morgan fingerprint density at radius 2 is 1.83 bits per heavy atom. The number of aromatic nitrogens is 2. The number of carbonyl (C=O) groups is 2. The first-order valence-electron chi connectivity index (χ1n) is 12.8. The first-order chi connectivity index (χ1) is 17.6. The number of benzene rings is 2. The summed E-state index contributed by atoms with van der Waals surface area (Å²) < 4.78 is 14.2. The second-order valence-corrected chi connectivity index (χ2v) is 10.1. The highest BCUT2D eigenvalue weighted by Crippen LogP contribution is 2.51. The Kier molecular flexibility index (Phi) is 5.95. The summed E-state index contributed by atoms with van der Waals surface area (Å²) in [6, 6.07) is 13.8. The monoisotopic (exact) mass is 487 g/mol. The third-order valence-corrected chi connectivity index (χ3v) is 8.08. The van der Waals surface area contributed by atoms with E-state index in [1.54, 1.807) is 18.3 Å². The predicted octanol–water partition coefficient (Wildman–Crippen LogP) is 4.59. The molecule has 2 amide bonds. The van der Waals surface area contributed by atoms with Gasteiger partial charge in [0.1, 0.15) is 11.6 Å². The van der Waals surface area contributed by atoms with E-state index in [4.69, 9.17) is 0 Å². The van der Waals surface area contributed by atoms with Gasteiger partial charge in [-0.2, -0.15) is 0 Å². The van der Waals surface area contributed by atoms with E-state index in [1.165, 1.54) is 12.1 Å². The summed E-state index contributed by atoms with van der Waals surface area (Å²) in [7, 11) is 0. The number of carbonyl (C=O) groups excluding carboxylic acids is 2. The Morgan fingerprint density at radius 3 is 2.67 bits per heavy atom. The maximum absolute atomic E-state index is 14.2. The third-order valence-electron chi connectivity index (χ3n) is 8.08. The first kappa shape index (κ1) is 22.8. The molecule has 5 atom stereocenters. The molecule has 0 unspecified atom stereocenters. The van der Waals surface area contributed by atoms with Gasteiger partial charge in [-0.3, -0.25) is 9.59 Å². The number of halogens is 1. The van der Waals surface area contributed by atoms with Crippen molar-refractivity contribution in [2.75, 3.05) is 11.9 Å². The van der Waals surface area contributed by atoms with Gasteiger partial charge in [-0.15, -0.1) is 0 Å². The Morgan fingerprint density at radius 1 is 1.03 bits per heavy atom. The first-order valence-corrected chi connectivity index (χ1v) is 12.8. The third kappa shape index (κ3) is 3.94.